The Morgan fingerprint density at radius 2 is 1.97 bits per heavy atom. The van der Waals surface area contributed by atoms with Gasteiger partial charge in [0.2, 0.25) is 0 Å². The van der Waals surface area contributed by atoms with Crippen molar-refractivity contribution in [3.8, 4) is 0 Å². The maximum absolute atomic E-state index is 12.4. The first-order valence-corrected chi connectivity index (χ1v) is 10.2. The van der Waals surface area contributed by atoms with Crippen LogP contribution in [0.2, 0.25) is 5.02 Å². The normalized spacial score (nSPS) is 15.6. The minimum Gasteiger partial charge on any atom is -0.382 e. The summed E-state index contributed by atoms with van der Waals surface area (Å²) in [5, 5.41) is 3.60. The molecule has 1 aliphatic rings. The van der Waals surface area contributed by atoms with E-state index in [0.29, 0.717) is 21.9 Å². The van der Waals surface area contributed by atoms with Gasteiger partial charge in [-0.25, -0.2) is 15.0 Å². The fraction of sp³-hybridized carbons (Fsp3) is 0.400. The van der Waals surface area contributed by atoms with E-state index in [1.807, 2.05) is 16.7 Å². The van der Waals surface area contributed by atoms with Gasteiger partial charge in [0.15, 0.2) is 11.5 Å². The number of fused-ring (bicyclic) bond motifs is 1. The van der Waals surface area contributed by atoms with Crippen molar-refractivity contribution in [2.45, 2.75) is 31.8 Å². The lowest BCUT2D eigenvalue weighted by atomic mass is 10.0. The molecule has 2 aromatic heterocycles. The Hall–Kier alpha value is -2.71. The third kappa shape index (κ3) is 4.49. The van der Waals surface area contributed by atoms with Gasteiger partial charge in [-0.1, -0.05) is 23.7 Å². The molecule has 1 fully saturated rings. The number of hydrogen-bond donors (Lipinski definition) is 2. The molecular weight excluding hydrogens is 390 g/mol. The highest BCUT2D eigenvalue weighted by Gasteiger charge is 2.21. The Balaban J connectivity index is 1.22. The number of halogens is 1. The number of nitrogens with one attached hydrogen (secondary N) is 1. The third-order valence-electron chi connectivity index (χ3n) is 5.34. The van der Waals surface area contributed by atoms with Gasteiger partial charge in [0, 0.05) is 25.7 Å². The smallest absolute Gasteiger partial charge is 0.253 e. The maximum atomic E-state index is 12.4. The zero-order valence-corrected chi connectivity index (χ0v) is 16.8. The van der Waals surface area contributed by atoms with Crippen molar-refractivity contribution < 1.29 is 4.79 Å². The number of hydrogen-bond acceptors (Lipinski definition) is 6. The van der Waals surface area contributed by atoms with Crippen molar-refractivity contribution >= 4 is 34.5 Å². The Kier molecular flexibility index (Phi) is 5.92. The number of carbonyl (C=O) groups is 1. The molecule has 1 amide bonds. The average Bonchev–Trinajstić information content (AvgIpc) is 3.14. The molecule has 1 saturated heterocycles. The fourth-order valence-corrected chi connectivity index (χ4v) is 3.96. The van der Waals surface area contributed by atoms with Gasteiger partial charge in [0.05, 0.1) is 16.9 Å². The Labute approximate surface area is 174 Å². The Morgan fingerprint density at radius 1 is 1.17 bits per heavy atom. The van der Waals surface area contributed by atoms with Gasteiger partial charge in [-0.15, -0.1) is 0 Å². The van der Waals surface area contributed by atoms with Crippen molar-refractivity contribution in [2.75, 3.05) is 25.4 Å². The van der Waals surface area contributed by atoms with E-state index >= 15 is 0 Å². The predicted molar refractivity (Wildman–Crippen MR) is 113 cm³/mol. The first-order chi connectivity index (χ1) is 14.1. The second kappa shape index (κ2) is 8.75. The number of piperidine rings is 1. The average molecular weight is 414 g/mol. The van der Waals surface area contributed by atoms with Crippen LogP contribution < -0.4 is 11.1 Å². The number of aryl methyl sites for hydroxylation is 1. The molecule has 4 rings (SSSR count). The predicted octanol–water partition coefficient (Wildman–Crippen LogP) is 2.35. The molecule has 1 aliphatic heterocycles. The van der Waals surface area contributed by atoms with E-state index in [1.54, 1.807) is 18.5 Å². The summed E-state index contributed by atoms with van der Waals surface area (Å²) in [7, 11) is 0. The highest BCUT2D eigenvalue weighted by Crippen LogP contribution is 2.18. The van der Waals surface area contributed by atoms with Crippen molar-refractivity contribution in [3.05, 3.63) is 47.5 Å². The second-order valence-corrected chi connectivity index (χ2v) is 7.70. The molecular formula is C20H24ClN7O. The number of anilines is 1. The Bertz CT molecular complexity index is 997. The monoisotopic (exact) mass is 413 g/mol. The van der Waals surface area contributed by atoms with E-state index in [0.717, 1.165) is 51.1 Å². The van der Waals surface area contributed by atoms with Crippen LogP contribution in [0.5, 0.6) is 0 Å². The number of nitrogens with zero attached hydrogens (tertiary/aromatic N) is 5. The number of aromatic nitrogens is 4. The van der Waals surface area contributed by atoms with Crippen molar-refractivity contribution in [1.29, 1.82) is 0 Å². The third-order valence-corrected chi connectivity index (χ3v) is 5.67. The number of carbonyl (C=O) groups excluding carboxylic acids is 1. The topological polar surface area (TPSA) is 102 Å². The molecule has 0 saturated carbocycles. The molecule has 3 aromatic rings. The van der Waals surface area contributed by atoms with Gasteiger partial charge in [-0.3, -0.25) is 4.79 Å². The minimum absolute atomic E-state index is 0.0951. The maximum Gasteiger partial charge on any atom is 0.253 e. The molecule has 0 spiro atoms. The lowest BCUT2D eigenvalue weighted by Gasteiger charge is -2.32. The van der Waals surface area contributed by atoms with Crippen molar-refractivity contribution in [3.63, 3.8) is 0 Å². The van der Waals surface area contributed by atoms with E-state index in [9.17, 15) is 4.79 Å². The summed E-state index contributed by atoms with van der Waals surface area (Å²) in [6.07, 6.45) is 6.11. The molecule has 0 bridgehead atoms. The molecule has 0 aliphatic carbocycles. The fourth-order valence-electron chi connectivity index (χ4n) is 3.74. The van der Waals surface area contributed by atoms with Crippen LogP contribution in [0.3, 0.4) is 0 Å². The first kappa shape index (κ1) is 19.6. The van der Waals surface area contributed by atoms with E-state index in [4.69, 9.17) is 17.3 Å². The standard InChI is InChI=1S/C20H24ClN7O/c21-16-5-2-1-4-15(16)20(29)26-14-6-10-27(11-7-14)8-3-9-28-13-25-17-18(22)23-12-24-19(17)28/h1-2,4-5,12-14H,3,6-11H2,(H,26,29)(H2,22,23,24). The quantitative estimate of drug-likeness (QED) is 0.643. The van der Waals surface area contributed by atoms with E-state index in [2.05, 4.69) is 25.2 Å². The minimum atomic E-state index is -0.0951. The summed E-state index contributed by atoms with van der Waals surface area (Å²) in [6, 6.07) is 7.33. The van der Waals surface area contributed by atoms with Crippen LogP contribution in [-0.2, 0) is 6.54 Å². The highest BCUT2D eigenvalue weighted by molar-refractivity contribution is 6.33. The van der Waals surface area contributed by atoms with Crippen molar-refractivity contribution in [2.24, 2.45) is 0 Å². The van der Waals surface area contributed by atoms with Gasteiger partial charge >= 0.3 is 0 Å². The number of nitrogens with two attached hydrogens (primary N) is 1. The largest absolute Gasteiger partial charge is 0.382 e. The summed E-state index contributed by atoms with van der Waals surface area (Å²) in [5.41, 5.74) is 7.80. The van der Waals surface area contributed by atoms with Crippen LogP contribution in [0.25, 0.3) is 11.2 Å². The van der Waals surface area contributed by atoms with Crippen LogP contribution in [0.4, 0.5) is 5.82 Å². The zero-order valence-electron chi connectivity index (χ0n) is 16.1. The van der Waals surface area contributed by atoms with Gasteiger partial charge in [-0.2, -0.15) is 0 Å². The highest BCUT2D eigenvalue weighted by atomic mass is 35.5. The van der Waals surface area contributed by atoms with E-state index in [1.165, 1.54) is 6.33 Å². The molecule has 1 aromatic carbocycles. The number of benzene rings is 1. The SMILES string of the molecule is Nc1ncnc2c1ncn2CCCN1CCC(NC(=O)c2ccccc2Cl)CC1. The summed E-state index contributed by atoms with van der Waals surface area (Å²) in [6.45, 7) is 3.75. The lowest BCUT2D eigenvalue weighted by Crippen LogP contribution is -2.45. The molecule has 0 radical (unpaired) electrons. The van der Waals surface area contributed by atoms with E-state index < -0.39 is 0 Å². The van der Waals surface area contributed by atoms with Crippen molar-refractivity contribution in [1.82, 2.24) is 29.7 Å². The van der Waals surface area contributed by atoms with Crippen LogP contribution in [0.15, 0.2) is 36.9 Å². The molecule has 29 heavy (non-hydrogen) atoms. The van der Waals surface area contributed by atoms with Gasteiger partial charge in [0.25, 0.3) is 5.91 Å². The summed E-state index contributed by atoms with van der Waals surface area (Å²) in [4.78, 5) is 27.4. The molecule has 3 heterocycles. The van der Waals surface area contributed by atoms with Gasteiger partial charge < -0.3 is 20.5 Å². The van der Waals surface area contributed by atoms with Crippen LogP contribution in [0, 0.1) is 0 Å². The number of likely N-dealkylation sites (tertiary alicyclic amines) is 1. The van der Waals surface area contributed by atoms with Crippen LogP contribution in [-0.4, -0.2) is 56.0 Å². The number of rotatable bonds is 6. The lowest BCUT2D eigenvalue weighted by molar-refractivity contribution is 0.0910. The van der Waals surface area contributed by atoms with E-state index in [-0.39, 0.29) is 11.9 Å². The molecule has 152 valence electrons. The van der Waals surface area contributed by atoms with Gasteiger partial charge in [-0.05, 0) is 37.9 Å². The Morgan fingerprint density at radius 3 is 2.76 bits per heavy atom. The number of imidazole rings is 1. The van der Waals surface area contributed by atoms with Crippen LogP contribution in [0.1, 0.15) is 29.6 Å². The summed E-state index contributed by atoms with van der Waals surface area (Å²) < 4.78 is 2.02. The molecule has 9 heteroatoms. The van der Waals surface area contributed by atoms with Gasteiger partial charge in [0.1, 0.15) is 11.8 Å². The zero-order chi connectivity index (χ0) is 20.2. The molecule has 0 unspecified atom stereocenters. The summed E-state index contributed by atoms with van der Waals surface area (Å²) >= 11 is 6.11. The summed E-state index contributed by atoms with van der Waals surface area (Å²) in [5.74, 6) is 0.317. The second-order valence-electron chi connectivity index (χ2n) is 7.29. The molecule has 8 nitrogen and oxygen atoms in total. The first-order valence-electron chi connectivity index (χ1n) is 9.81. The van der Waals surface area contributed by atoms with Crippen LogP contribution >= 0.6 is 11.6 Å². The number of nitrogen functional groups attached to an aromatic ring is 1. The number of amides is 1. The molecule has 3 N–H and O–H groups in total. The molecule has 0 atom stereocenters.